The van der Waals surface area contributed by atoms with Gasteiger partial charge in [0.25, 0.3) is 11.6 Å². The second-order valence-corrected chi connectivity index (χ2v) is 5.38. The van der Waals surface area contributed by atoms with Crippen LogP contribution in [0.3, 0.4) is 0 Å². The minimum atomic E-state index is -0.721. The molecule has 26 heavy (non-hydrogen) atoms. The van der Waals surface area contributed by atoms with Gasteiger partial charge in [-0.25, -0.2) is 0 Å². The van der Waals surface area contributed by atoms with Crippen LogP contribution in [0.2, 0.25) is 5.02 Å². The third-order valence-corrected chi connectivity index (χ3v) is 3.68. The zero-order chi connectivity index (χ0) is 19.3. The molecule has 8 nitrogen and oxygen atoms in total. The largest absolute Gasteiger partial charge is 0.493 e. The Morgan fingerprint density at radius 2 is 2.08 bits per heavy atom. The molecule has 2 rings (SSSR count). The molecule has 0 bridgehead atoms. The van der Waals surface area contributed by atoms with Crippen LogP contribution in [0.15, 0.2) is 30.3 Å². The number of nitrogens with zero attached hydrogens (tertiary/aromatic N) is 2. The van der Waals surface area contributed by atoms with Crippen molar-refractivity contribution in [1.29, 1.82) is 5.26 Å². The first-order chi connectivity index (χ1) is 12.4. The molecule has 0 atom stereocenters. The van der Waals surface area contributed by atoms with Crippen LogP contribution in [-0.4, -0.2) is 24.5 Å². The number of carbonyl (C=O) groups excluding carboxylic acids is 1. The molecule has 0 fully saturated rings. The number of hydrogen-bond acceptors (Lipinski definition) is 6. The van der Waals surface area contributed by atoms with E-state index in [0.717, 1.165) is 6.07 Å². The molecule has 0 aliphatic carbocycles. The second-order valence-electron chi connectivity index (χ2n) is 4.97. The number of carbonyl (C=O) groups is 1. The molecule has 2 aromatic carbocycles. The fourth-order valence-corrected chi connectivity index (χ4v) is 2.41. The van der Waals surface area contributed by atoms with Crippen molar-refractivity contribution in [3.8, 4) is 17.6 Å². The second kappa shape index (κ2) is 8.18. The molecule has 1 amide bonds. The number of rotatable bonds is 6. The lowest BCUT2D eigenvalue weighted by Gasteiger charge is -2.12. The SMILES string of the molecule is CCOc1cc(C(=O)Nc2ccc(C#N)c(Cl)c2)c([N+](=O)[O-])cc1OC. The first-order valence-electron chi connectivity index (χ1n) is 7.41. The predicted octanol–water partition coefficient (Wildman–Crippen LogP) is 3.78. The maximum absolute atomic E-state index is 12.5. The van der Waals surface area contributed by atoms with Gasteiger partial charge in [0.05, 0.1) is 35.3 Å². The van der Waals surface area contributed by atoms with Gasteiger partial charge in [-0.15, -0.1) is 0 Å². The number of ether oxygens (including phenoxy) is 2. The van der Waals surface area contributed by atoms with E-state index in [1.807, 2.05) is 6.07 Å². The highest BCUT2D eigenvalue weighted by molar-refractivity contribution is 6.32. The van der Waals surface area contributed by atoms with Gasteiger partial charge < -0.3 is 14.8 Å². The van der Waals surface area contributed by atoms with E-state index in [0.29, 0.717) is 12.3 Å². The number of anilines is 1. The van der Waals surface area contributed by atoms with Crippen LogP contribution in [0.5, 0.6) is 11.5 Å². The Morgan fingerprint density at radius 1 is 1.35 bits per heavy atom. The molecule has 0 aromatic heterocycles. The normalized spacial score (nSPS) is 9.92. The first kappa shape index (κ1) is 19.0. The van der Waals surface area contributed by atoms with Gasteiger partial charge in [0.1, 0.15) is 11.6 Å². The smallest absolute Gasteiger partial charge is 0.286 e. The van der Waals surface area contributed by atoms with Crippen LogP contribution < -0.4 is 14.8 Å². The monoisotopic (exact) mass is 375 g/mol. The summed E-state index contributed by atoms with van der Waals surface area (Å²) >= 11 is 5.93. The Labute approximate surface area is 154 Å². The van der Waals surface area contributed by atoms with Crippen molar-refractivity contribution in [3.63, 3.8) is 0 Å². The van der Waals surface area contributed by atoms with Gasteiger partial charge in [-0.1, -0.05) is 11.6 Å². The zero-order valence-corrected chi connectivity index (χ0v) is 14.7. The van der Waals surface area contributed by atoms with Crippen molar-refractivity contribution in [1.82, 2.24) is 0 Å². The highest BCUT2D eigenvalue weighted by Gasteiger charge is 2.25. The minimum absolute atomic E-state index is 0.150. The quantitative estimate of drug-likeness (QED) is 0.606. The van der Waals surface area contributed by atoms with E-state index in [-0.39, 0.29) is 27.6 Å². The van der Waals surface area contributed by atoms with E-state index in [4.69, 9.17) is 26.3 Å². The summed E-state index contributed by atoms with van der Waals surface area (Å²) in [5.74, 6) is -0.360. The number of benzene rings is 2. The molecule has 0 aliphatic rings. The van der Waals surface area contributed by atoms with Gasteiger partial charge in [0, 0.05) is 11.8 Å². The number of hydrogen-bond donors (Lipinski definition) is 1. The summed E-state index contributed by atoms with van der Waals surface area (Å²) in [6, 6.07) is 8.58. The molecule has 0 radical (unpaired) electrons. The third kappa shape index (κ3) is 4.02. The molecular weight excluding hydrogens is 362 g/mol. The summed E-state index contributed by atoms with van der Waals surface area (Å²) in [5, 5.41) is 22.9. The summed E-state index contributed by atoms with van der Waals surface area (Å²) in [5.41, 5.74) is -0.0805. The molecule has 0 heterocycles. The van der Waals surface area contributed by atoms with Crippen molar-refractivity contribution in [2.24, 2.45) is 0 Å². The summed E-state index contributed by atoms with van der Waals surface area (Å²) in [6.45, 7) is 2.03. The summed E-state index contributed by atoms with van der Waals surface area (Å²) < 4.78 is 10.4. The number of nitriles is 1. The van der Waals surface area contributed by atoms with E-state index in [2.05, 4.69) is 5.32 Å². The van der Waals surface area contributed by atoms with Gasteiger partial charge in [0.2, 0.25) is 0 Å². The lowest BCUT2D eigenvalue weighted by Crippen LogP contribution is -2.14. The van der Waals surface area contributed by atoms with E-state index < -0.39 is 16.5 Å². The first-order valence-corrected chi connectivity index (χ1v) is 7.79. The third-order valence-electron chi connectivity index (χ3n) is 3.37. The number of amides is 1. The van der Waals surface area contributed by atoms with Crippen LogP contribution >= 0.6 is 11.6 Å². The minimum Gasteiger partial charge on any atom is -0.493 e. The van der Waals surface area contributed by atoms with Crippen molar-refractivity contribution in [3.05, 3.63) is 56.6 Å². The molecule has 2 aromatic rings. The Bertz CT molecular complexity index is 908. The van der Waals surface area contributed by atoms with Gasteiger partial charge in [-0.05, 0) is 25.1 Å². The highest BCUT2D eigenvalue weighted by Crippen LogP contribution is 2.35. The maximum Gasteiger partial charge on any atom is 0.286 e. The maximum atomic E-state index is 12.5. The zero-order valence-electron chi connectivity index (χ0n) is 13.9. The molecule has 9 heteroatoms. The number of nitro groups is 1. The van der Waals surface area contributed by atoms with E-state index in [1.54, 1.807) is 6.92 Å². The van der Waals surface area contributed by atoms with Crippen LogP contribution in [0.4, 0.5) is 11.4 Å². The lowest BCUT2D eigenvalue weighted by atomic mass is 10.1. The summed E-state index contributed by atoms with van der Waals surface area (Å²) in [4.78, 5) is 23.2. The van der Waals surface area contributed by atoms with E-state index in [9.17, 15) is 14.9 Å². The number of nitro benzene ring substituents is 1. The van der Waals surface area contributed by atoms with Crippen molar-refractivity contribution in [2.75, 3.05) is 19.0 Å². The molecule has 0 unspecified atom stereocenters. The average Bonchev–Trinajstić information content (AvgIpc) is 2.61. The predicted molar refractivity (Wildman–Crippen MR) is 94.9 cm³/mol. The molecule has 0 saturated carbocycles. The van der Waals surface area contributed by atoms with Crippen molar-refractivity contribution >= 4 is 28.9 Å². The average molecular weight is 376 g/mol. The van der Waals surface area contributed by atoms with Gasteiger partial charge in [-0.2, -0.15) is 5.26 Å². The molecule has 1 N–H and O–H groups in total. The molecule has 0 saturated heterocycles. The fraction of sp³-hybridized carbons (Fsp3) is 0.176. The topological polar surface area (TPSA) is 114 Å². The van der Waals surface area contributed by atoms with E-state index >= 15 is 0 Å². The number of methoxy groups -OCH3 is 1. The lowest BCUT2D eigenvalue weighted by molar-refractivity contribution is -0.385. The Morgan fingerprint density at radius 3 is 2.62 bits per heavy atom. The summed E-state index contributed by atoms with van der Waals surface area (Å²) in [7, 11) is 1.35. The van der Waals surface area contributed by atoms with Gasteiger partial charge in [-0.3, -0.25) is 14.9 Å². The van der Waals surface area contributed by atoms with Crippen LogP contribution in [0.25, 0.3) is 0 Å². The fourth-order valence-electron chi connectivity index (χ4n) is 2.19. The van der Waals surface area contributed by atoms with Crippen LogP contribution in [-0.2, 0) is 0 Å². The van der Waals surface area contributed by atoms with Gasteiger partial charge in [0.15, 0.2) is 11.5 Å². The molecular formula is C17H14ClN3O5. The number of halogens is 1. The Kier molecular flexibility index (Phi) is 5.98. The van der Waals surface area contributed by atoms with E-state index in [1.165, 1.54) is 31.4 Å². The Hall–Kier alpha value is -3.31. The number of nitrogens with one attached hydrogen (secondary N) is 1. The standard InChI is InChI=1S/C17H14ClN3O5/c1-3-26-16-7-12(14(21(23)24)8-15(16)25-2)17(22)20-11-5-4-10(9-19)13(18)6-11/h4-8H,3H2,1-2H3,(H,20,22). The van der Waals surface area contributed by atoms with Crippen LogP contribution in [0, 0.1) is 21.4 Å². The highest BCUT2D eigenvalue weighted by atomic mass is 35.5. The van der Waals surface area contributed by atoms with Crippen molar-refractivity contribution < 1.29 is 19.2 Å². The van der Waals surface area contributed by atoms with Crippen LogP contribution in [0.1, 0.15) is 22.8 Å². The molecule has 0 aliphatic heterocycles. The van der Waals surface area contributed by atoms with Crippen molar-refractivity contribution in [2.45, 2.75) is 6.92 Å². The van der Waals surface area contributed by atoms with Gasteiger partial charge >= 0.3 is 0 Å². The molecule has 0 spiro atoms. The summed E-state index contributed by atoms with van der Waals surface area (Å²) in [6.07, 6.45) is 0. The molecule has 134 valence electrons. The Balaban J connectivity index is 2.43.